The zero-order valence-electron chi connectivity index (χ0n) is 10.1. The second-order valence-electron chi connectivity index (χ2n) is 4.10. The Hall–Kier alpha value is -0.580. The van der Waals surface area contributed by atoms with Crippen LogP contribution >= 0.6 is 27.3 Å². The minimum absolute atomic E-state index is 0.464. The van der Waals surface area contributed by atoms with E-state index >= 15 is 0 Å². The van der Waals surface area contributed by atoms with Crippen LogP contribution in [0.3, 0.4) is 0 Å². The van der Waals surface area contributed by atoms with Crippen molar-refractivity contribution in [1.29, 1.82) is 0 Å². The summed E-state index contributed by atoms with van der Waals surface area (Å²) in [6, 6.07) is 4.85. The Balaban J connectivity index is 2.08. The molecule has 1 unspecified atom stereocenters. The molecule has 0 aromatic carbocycles. The average Bonchev–Trinajstić information content (AvgIpc) is 2.91. The Kier molecular flexibility index (Phi) is 4.42. The van der Waals surface area contributed by atoms with Gasteiger partial charge in [0.15, 0.2) is 0 Å². The molecule has 1 atom stereocenters. The van der Waals surface area contributed by atoms with Crippen molar-refractivity contribution in [2.75, 3.05) is 7.05 Å². The molecule has 2 aromatic rings. The van der Waals surface area contributed by atoms with E-state index < -0.39 is 0 Å². The Labute approximate surface area is 115 Å². The van der Waals surface area contributed by atoms with Crippen LogP contribution in [0.4, 0.5) is 0 Å². The first-order valence-corrected chi connectivity index (χ1v) is 7.46. The van der Waals surface area contributed by atoms with Gasteiger partial charge in [0, 0.05) is 33.2 Å². The van der Waals surface area contributed by atoms with Crippen LogP contribution in [0.5, 0.6) is 0 Å². The van der Waals surface area contributed by atoms with Crippen molar-refractivity contribution >= 4 is 27.3 Å². The van der Waals surface area contributed by atoms with Crippen molar-refractivity contribution in [3.05, 3.63) is 44.8 Å². The predicted molar refractivity (Wildman–Crippen MR) is 77.6 cm³/mol. The molecule has 0 aliphatic heterocycles. The lowest BCUT2D eigenvalue weighted by Gasteiger charge is -2.11. The molecule has 2 aromatic heterocycles. The maximum Gasteiger partial charge on any atom is 0.0564 e. The number of aromatic nitrogens is 1. The van der Waals surface area contributed by atoms with Crippen LogP contribution in [0.2, 0.25) is 0 Å². The molecular formula is C13H17BrN2S. The number of nitrogens with zero attached hydrogens (tertiary/aromatic N) is 1. The highest BCUT2D eigenvalue weighted by Crippen LogP contribution is 2.22. The van der Waals surface area contributed by atoms with Gasteiger partial charge in [0.2, 0.25) is 0 Å². The second-order valence-corrected chi connectivity index (χ2v) is 6.01. The van der Waals surface area contributed by atoms with E-state index in [1.165, 1.54) is 14.9 Å². The number of hydrogen-bond acceptors (Lipinski definition) is 2. The molecule has 92 valence electrons. The number of nitrogens with one attached hydrogen (secondary N) is 1. The molecule has 2 rings (SSSR count). The van der Waals surface area contributed by atoms with E-state index in [-0.39, 0.29) is 0 Å². The van der Waals surface area contributed by atoms with E-state index in [4.69, 9.17) is 0 Å². The molecular weight excluding hydrogens is 296 g/mol. The number of halogens is 1. The Morgan fingerprint density at radius 2 is 2.35 bits per heavy atom. The van der Waals surface area contributed by atoms with Gasteiger partial charge in [0.05, 0.1) is 6.54 Å². The van der Waals surface area contributed by atoms with Gasteiger partial charge in [-0.3, -0.25) is 0 Å². The van der Waals surface area contributed by atoms with E-state index in [1.807, 2.05) is 7.05 Å². The molecule has 0 aliphatic carbocycles. The monoisotopic (exact) mass is 312 g/mol. The first-order chi connectivity index (χ1) is 8.22. The third kappa shape index (κ3) is 3.21. The van der Waals surface area contributed by atoms with Crippen LogP contribution in [-0.4, -0.2) is 11.6 Å². The molecule has 0 radical (unpaired) electrons. The fourth-order valence-electron chi connectivity index (χ4n) is 1.99. The second kappa shape index (κ2) is 5.85. The highest BCUT2D eigenvalue weighted by Gasteiger charge is 2.08. The van der Waals surface area contributed by atoms with Crippen LogP contribution < -0.4 is 5.32 Å². The minimum atomic E-state index is 0.464. The summed E-state index contributed by atoms with van der Waals surface area (Å²) in [5, 5.41) is 5.46. The van der Waals surface area contributed by atoms with Crippen molar-refractivity contribution in [2.45, 2.75) is 25.9 Å². The van der Waals surface area contributed by atoms with Gasteiger partial charge >= 0.3 is 0 Å². The summed E-state index contributed by atoms with van der Waals surface area (Å²) in [7, 11) is 2.02. The van der Waals surface area contributed by atoms with Crippen molar-refractivity contribution in [3.8, 4) is 0 Å². The third-order valence-electron chi connectivity index (χ3n) is 2.89. The van der Waals surface area contributed by atoms with Crippen LogP contribution in [0, 0.1) is 0 Å². The summed E-state index contributed by atoms with van der Waals surface area (Å²) >= 11 is 5.28. The summed E-state index contributed by atoms with van der Waals surface area (Å²) in [4.78, 5) is 1.37. The molecule has 0 fully saturated rings. The van der Waals surface area contributed by atoms with Crippen molar-refractivity contribution in [2.24, 2.45) is 0 Å². The van der Waals surface area contributed by atoms with Gasteiger partial charge in [-0.25, -0.2) is 0 Å². The van der Waals surface area contributed by atoms with E-state index in [2.05, 4.69) is 62.6 Å². The van der Waals surface area contributed by atoms with Gasteiger partial charge < -0.3 is 9.88 Å². The van der Waals surface area contributed by atoms with Crippen molar-refractivity contribution in [1.82, 2.24) is 9.88 Å². The lowest BCUT2D eigenvalue weighted by atomic mass is 10.1. The maximum absolute atomic E-state index is 3.49. The molecule has 1 N–H and O–H groups in total. The first-order valence-electron chi connectivity index (χ1n) is 5.78. The van der Waals surface area contributed by atoms with Crippen LogP contribution in [0.25, 0.3) is 0 Å². The van der Waals surface area contributed by atoms with Gasteiger partial charge in [-0.15, -0.1) is 11.3 Å². The zero-order chi connectivity index (χ0) is 12.3. The van der Waals surface area contributed by atoms with Gasteiger partial charge in [-0.05, 0) is 47.1 Å². The molecule has 0 amide bonds. The van der Waals surface area contributed by atoms with Gasteiger partial charge in [0.1, 0.15) is 0 Å². The predicted octanol–water partition coefficient (Wildman–Crippen LogP) is 4.03. The summed E-state index contributed by atoms with van der Waals surface area (Å²) in [5.41, 5.74) is 1.37. The molecule has 0 aliphatic rings. The van der Waals surface area contributed by atoms with Gasteiger partial charge in [0.25, 0.3) is 0 Å². The van der Waals surface area contributed by atoms with Crippen LogP contribution in [0.1, 0.15) is 29.8 Å². The van der Waals surface area contributed by atoms with E-state index in [1.54, 1.807) is 11.3 Å². The van der Waals surface area contributed by atoms with Gasteiger partial charge in [-0.2, -0.15) is 0 Å². The van der Waals surface area contributed by atoms with E-state index in [0.717, 1.165) is 13.0 Å². The largest absolute Gasteiger partial charge is 0.349 e. The Bertz CT molecular complexity index is 471. The fraction of sp³-hybridized carbons (Fsp3) is 0.385. The highest BCUT2D eigenvalue weighted by atomic mass is 79.9. The molecule has 17 heavy (non-hydrogen) atoms. The molecule has 4 heteroatoms. The summed E-state index contributed by atoms with van der Waals surface area (Å²) < 4.78 is 3.42. The van der Waals surface area contributed by atoms with Crippen LogP contribution in [-0.2, 0) is 6.54 Å². The smallest absolute Gasteiger partial charge is 0.0564 e. The molecule has 0 saturated heterocycles. The molecule has 0 saturated carbocycles. The normalized spacial score (nSPS) is 12.9. The molecule has 0 bridgehead atoms. The first kappa shape index (κ1) is 12.9. The van der Waals surface area contributed by atoms with E-state index in [0.29, 0.717) is 6.04 Å². The van der Waals surface area contributed by atoms with Crippen molar-refractivity contribution < 1.29 is 0 Å². The lowest BCUT2D eigenvalue weighted by Crippen LogP contribution is -2.14. The summed E-state index contributed by atoms with van der Waals surface area (Å²) in [6.45, 7) is 3.16. The summed E-state index contributed by atoms with van der Waals surface area (Å²) in [5.74, 6) is 0. The summed E-state index contributed by atoms with van der Waals surface area (Å²) in [6.07, 6.45) is 5.51. The Morgan fingerprint density at radius 1 is 1.53 bits per heavy atom. The lowest BCUT2D eigenvalue weighted by molar-refractivity contribution is 0.575. The van der Waals surface area contributed by atoms with Crippen molar-refractivity contribution in [3.63, 3.8) is 0 Å². The zero-order valence-corrected chi connectivity index (χ0v) is 12.5. The molecule has 2 nitrogen and oxygen atoms in total. The van der Waals surface area contributed by atoms with E-state index in [9.17, 15) is 0 Å². The standard InChI is InChI=1S/C13H17BrN2S/c1-3-13(15-2)10-4-5-16(7-10)8-12-6-11(14)9-17-12/h4-7,9,13,15H,3,8H2,1-2H3. The third-order valence-corrected chi connectivity index (χ3v) is 4.57. The fourth-order valence-corrected chi connectivity index (χ4v) is 3.45. The van der Waals surface area contributed by atoms with Gasteiger partial charge in [-0.1, -0.05) is 6.92 Å². The SMILES string of the molecule is CCC(NC)c1ccn(Cc2cc(Br)cs2)c1. The molecule has 2 heterocycles. The quantitative estimate of drug-likeness (QED) is 0.882. The molecule has 0 spiro atoms. The number of rotatable bonds is 5. The Morgan fingerprint density at radius 3 is 2.94 bits per heavy atom. The minimum Gasteiger partial charge on any atom is -0.349 e. The number of thiophene rings is 1. The van der Waals surface area contributed by atoms with Crippen LogP contribution in [0.15, 0.2) is 34.4 Å². The topological polar surface area (TPSA) is 17.0 Å². The highest BCUT2D eigenvalue weighted by molar-refractivity contribution is 9.10. The number of hydrogen-bond donors (Lipinski definition) is 1. The maximum atomic E-state index is 3.49. The average molecular weight is 313 g/mol.